The van der Waals surface area contributed by atoms with Gasteiger partial charge in [-0.3, -0.25) is 9.59 Å². The molecule has 4 aromatic rings. The molecule has 0 saturated heterocycles. The third kappa shape index (κ3) is 8.98. The van der Waals surface area contributed by atoms with E-state index in [2.05, 4.69) is 15.8 Å². The van der Waals surface area contributed by atoms with E-state index < -0.39 is 5.91 Å². The van der Waals surface area contributed by atoms with E-state index in [4.69, 9.17) is 37.4 Å². The first-order valence-corrected chi connectivity index (χ1v) is 14.2. The number of benzene rings is 4. The number of carbonyl (C=O) groups is 2. The zero-order valence-electron chi connectivity index (χ0n) is 23.9. The Morgan fingerprint density at radius 1 is 0.860 bits per heavy atom. The van der Waals surface area contributed by atoms with E-state index in [0.29, 0.717) is 41.5 Å². The van der Waals surface area contributed by atoms with Gasteiger partial charge in [0.05, 0.1) is 22.9 Å². The highest BCUT2D eigenvalue weighted by Crippen LogP contribution is 2.34. The van der Waals surface area contributed by atoms with Crippen molar-refractivity contribution in [2.75, 3.05) is 18.5 Å². The van der Waals surface area contributed by atoms with Crippen LogP contribution in [0.15, 0.2) is 84.0 Å². The Kier molecular flexibility index (Phi) is 11.0. The average molecular weight is 621 g/mol. The number of hydrazone groups is 1. The molecular formula is C33H31Cl2N3O5. The summed E-state index contributed by atoms with van der Waals surface area (Å²) in [5.41, 5.74) is 7.02. The first-order valence-electron chi connectivity index (χ1n) is 13.5. The minimum atomic E-state index is -0.446. The molecule has 2 amide bonds. The summed E-state index contributed by atoms with van der Waals surface area (Å²) in [6.07, 6.45) is 1.40. The second-order valence-corrected chi connectivity index (χ2v) is 10.4. The van der Waals surface area contributed by atoms with Crippen molar-refractivity contribution in [1.82, 2.24) is 5.43 Å². The standard InChI is InChI=1S/C33H31Cl2N3O5/c1-4-41-30-17-25(12-13-29(30)42-19-23-8-6-5-7-9-23)33(40)38-36-18-24-15-26(34)32(27(35)16-24)43-20-31(39)37-28-14-21(2)10-11-22(28)3/h5-18H,4,19-20H2,1-3H3,(H,37,39)(H,38,40)/b36-18+. The van der Waals surface area contributed by atoms with E-state index >= 15 is 0 Å². The summed E-state index contributed by atoms with van der Waals surface area (Å²) in [5, 5.41) is 7.22. The molecule has 0 atom stereocenters. The van der Waals surface area contributed by atoms with Crippen molar-refractivity contribution in [2.45, 2.75) is 27.4 Å². The fourth-order valence-corrected chi connectivity index (χ4v) is 4.60. The Hall–Kier alpha value is -4.53. The zero-order valence-corrected chi connectivity index (χ0v) is 25.5. The summed E-state index contributed by atoms with van der Waals surface area (Å²) in [4.78, 5) is 25.2. The predicted octanol–water partition coefficient (Wildman–Crippen LogP) is 7.37. The van der Waals surface area contributed by atoms with Gasteiger partial charge in [0.15, 0.2) is 23.9 Å². The smallest absolute Gasteiger partial charge is 0.271 e. The van der Waals surface area contributed by atoms with Gasteiger partial charge in [-0.1, -0.05) is 65.7 Å². The van der Waals surface area contributed by atoms with Gasteiger partial charge >= 0.3 is 0 Å². The number of nitrogens with zero attached hydrogens (tertiary/aromatic N) is 1. The molecule has 0 bridgehead atoms. The Balaban J connectivity index is 1.34. The number of halogens is 2. The van der Waals surface area contributed by atoms with E-state index in [-0.39, 0.29) is 28.3 Å². The molecule has 4 rings (SSSR count). The molecule has 0 radical (unpaired) electrons. The molecule has 0 spiro atoms. The van der Waals surface area contributed by atoms with Crippen molar-refractivity contribution < 1.29 is 23.8 Å². The van der Waals surface area contributed by atoms with E-state index in [1.165, 1.54) is 6.21 Å². The van der Waals surface area contributed by atoms with Crippen molar-refractivity contribution in [3.63, 3.8) is 0 Å². The van der Waals surface area contributed by atoms with Crippen LogP contribution in [0, 0.1) is 13.8 Å². The lowest BCUT2D eigenvalue weighted by molar-refractivity contribution is -0.118. The van der Waals surface area contributed by atoms with Crippen molar-refractivity contribution in [2.24, 2.45) is 5.10 Å². The molecule has 4 aromatic carbocycles. The third-order valence-electron chi connectivity index (χ3n) is 6.16. The van der Waals surface area contributed by atoms with Gasteiger partial charge in [0.2, 0.25) is 0 Å². The Morgan fingerprint density at radius 2 is 1.60 bits per heavy atom. The van der Waals surface area contributed by atoms with Crippen LogP contribution in [-0.4, -0.2) is 31.2 Å². The van der Waals surface area contributed by atoms with Crippen LogP contribution in [0.25, 0.3) is 0 Å². The highest BCUT2D eigenvalue weighted by Gasteiger charge is 2.14. The van der Waals surface area contributed by atoms with Gasteiger partial charge in [-0.2, -0.15) is 5.10 Å². The molecule has 10 heteroatoms. The molecule has 0 heterocycles. The molecule has 8 nitrogen and oxygen atoms in total. The zero-order chi connectivity index (χ0) is 30.8. The minimum Gasteiger partial charge on any atom is -0.490 e. The molecular weight excluding hydrogens is 589 g/mol. The van der Waals surface area contributed by atoms with Crippen molar-refractivity contribution in [1.29, 1.82) is 0 Å². The maximum Gasteiger partial charge on any atom is 0.271 e. The van der Waals surface area contributed by atoms with Gasteiger partial charge in [0, 0.05) is 11.3 Å². The quantitative estimate of drug-likeness (QED) is 0.127. The summed E-state index contributed by atoms with van der Waals surface area (Å²) >= 11 is 12.7. The van der Waals surface area contributed by atoms with Gasteiger partial charge in [-0.05, 0) is 79.4 Å². The number of carbonyl (C=O) groups excluding carboxylic acids is 2. The summed E-state index contributed by atoms with van der Waals surface area (Å²) in [7, 11) is 0. The number of rotatable bonds is 12. The van der Waals surface area contributed by atoms with Crippen LogP contribution in [0.4, 0.5) is 5.69 Å². The number of ether oxygens (including phenoxy) is 3. The van der Waals surface area contributed by atoms with Crippen LogP contribution in [-0.2, 0) is 11.4 Å². The fraction of sp³-hybridized carbons (Fsp3) is 0.182. The summed E-state index contributed by atoms with van der Waals surface area (Å²) < 4.78 is 17.2. The van der Waals surface area contributed by atoms with E-state index in [1.54, 1.807) is 30.3 Å². The second-order valence-electron chi connectivity index (χ2n) is 9.54. The van der Waals surface area contributed by atoms with Gasteiger partial charge in [0.1, 0.15) is 6.61 Å². The molecule has 0 aliphatic carbocycles. The van der Waals surface area contributed by atoms with Gasteiger partial charge in [-0.15, -0.1) is 0 Å². The van der Waals surface area contributed by atoms with E-state index in [9.17, 15) is 9.59 Å². The molecule has 0 unspecified atom stereocenters. The average Bonchev–Trinajstić information content (AvgIpc) is 2.98. The predicted molar refractivity (Wildman–Crippen MR) is 170 cm³/mol. The molecule has 0 fully saturated rings. The molecule has 0 aliphatic rings. The normalized spacial score (nSPS) is 10.8. The first kappa shape index (κ1) is 31.4. The number of anilines is 1. The Labute approximate surface area is 260 Å². The Bertz CT molecular complexity index is 1600. The van der Waals surface area contributed by atoms with Crippen molar-refractivity contribution >= 4 is 46.9 Å². The summed E-state index contributed by atoms with van der Waals surface area (Å²) in [6.45, 7) is 6.20. The van der Waals surface area contributed by atoms with Gasteiger partial charge < -0.3 is 19.5 Å². The molecule has 43 heavy (non-hydrogen) atoms. The fourth-order valence-electron chi connectivity index (χ4n) is 3.99. The lowest BCUT2D eigenvalue weighted by Gasteiger charge is -2.13. The minimum absolute atomic E-state index is 0.165. The first-order chi connectivity index (χ1) is 20.7. The lowest BCUT2D eigenvalue weighted by atomic mass is 10.1. The maximum absolute atomic E-state index is 12.8. The highest BCUT2D eigenvalue weighted by atomic mass is 35.5. The SMILES string of the molecule is CCOc1cc(C(=O)N/N=C/c2cc(Cl)c(OCC(=O)Nc3cc(C)ccc3C)c(Cl)c2)ccc1OCc1ccccc1. The van der Waals surface area contributed by atoms with Crippen LogP contribution < -0.4 is 25.0 Å². The van der Waals surface area contributed by atoms with E-state index in [0.717, 1.165) is 16.7 Å². The maximum atomic E-state index is 12.8. The van der Waals surface area contributed by atoms with Crippen LogP contribution in [0.3, 0.4) is 0 Å². The van der Waals surface area contributed by atoms with Crippen LogP contribution in [0.1, 0.15) is 39.5 Å². The molecule has 0 aromatic heterocycles. The number of nitrogens with one attached hydrogen (secondary N) is 2. The van der Waals surface area contributed by atoms with E-state index in [1.807, 2.05) is 69.3 Å². The number of aryl methyl sites for hydroxylation is 2. The molecule has 2 N–H and O–H groups in total. The topological polar surface area (TPSA) is 98.3 Å². The summed E-state index contributed by atoms with van der Waals surface area (Å²) in [5.74, 6) is 0.349. The lowest BCUT2D eigenvalue weighted by Crippen LogP contribution is -2.21. The number of hydrogen-bond acceptors (Lipinski definition) is 6. The van der Waals surface area contributed by atoms with Gasteiger partial charge in [0.25, 0.3) is 11.8 Å². The van der Waals surface area contributed by atoms with Crippen molar-refractivity contribution in [3.05, 3.63) is 117 Å². The monoisotopic (exact) mass is 619 g/mol. The molecule has 0 aliphatic heterocycles. The highest BCUT2D eigenvalue weighted by molar-refractivity contribution is 6.37. The van der Waals surface area contributed by atoms with Gasteiger partial charge in [-0.25, -0.2) is 5.43 Å². The van der Waals surface area contributed by atoms with Crippen LogP contribution in [0.2, 0.25) is 10.0 Å². The largest absolute Gasteiger partial charge is 0.490 e. The summed E-state index contributed by atoms with van der Waals surface area (Å²) in [6, 6.07) is 23.6. The molecule has 222 valence electrons. The second kappa shape index (κ2) is 15.1. The number of amides is 2. The van der Waals surface area contributed by atoms with Crippen LogP contribution in [0.5, 0.6) is 17.2 Å². The Morgan fingerprint density at radius 3 is 2.33 bits per heavy atom. The third-order valence-corrected chi connectivity index (χ3v) is 6.72. The van der Waals surface area contributed by atoms with Crippen LogP contribution >= 0.6 is 23.2 Å². The molecule has 0 saturated carbocycles. The number of hydrogen-bond donors (Lipinski definition) is 2. The van der Waals surface area contributed by atoms with Crippen molar-refractivity contribution in [3.8, 4) is 17.2 Å².